The van der Waals surface area contributed by atoms with Crippen molar-refractivity contribution in [3.05, 3.63) is 29.8 Å². The van der Waals surface area contributed by atoms with Crippen LogP contribution < -0.4 is 4.74 Å². The van der Waals surface area contributed by atoms with Gasteiger partial charge in [0.1, 0.15) is 5.75 Å². The van der Waals surface area contributed by atoms with Gasteiger partial charge in [0.15, 0.2) is 0 Å². The number of carbonyl (C=O) groups excluding carboxylic acids is 2. The SMILES string of the molecule is COC(=O)CCSC(c1ccccc1OC)C(O)CSCC(=O)OC. The molecule has 0 fully saturated rings. The Bertz CT molecular complexity index is 552. The van der Waals surface area contributed by atoms with Crippen LogP contribution in [0.15, 0.2) is 24.3 Å². The van der Waals surface area contributed by atoms with Gasteiger partial charge in [-0.3, -0.25) is 9.59 Å². The molecular formula is C17H24O6S2. The fraction of sp³-hybridized carbons (Fsp3) is 0.529. The molecule has 0 saturated carbocycles. The lowest BCUT2D eigenvalue weighted by atomic mass is 10.1. The number of aliphatic hydroxyl groups is 1. The summed E-state index contributed by atoms with van der Waals surface area (Å²) in [5.41, 5.74) is 0.853. The first kappa shape index (κ1) is 21.7. The number of hydrogen-bond acceptors (Lipinski definition) is 8. The first-order chi connectivity index (χ1) is 12.0. The number of ether oxygens (including phenoxy) is 3. The van der Waals surface area contributed by atoms with Crippen LogP contribution in [-0.4, -0.2) is 61.7 Å². The Labute approximate surface area is 156 Å². The van der Waals surface area contributed by atoms with Crippen LogP contribution in [0.1, 0.15) is 17.2 Å². The Hall–Kier alpha value is -1.38. The molecular weight excluding hydrogens is 364 g/mol. The normalized spacial score (nSPS) is 13.0. The number of methoxy groups -OCH3 is 3. The molecule has 6 nitrogen and oxygen atoms in total. The maximum atomic E-state index is 11.3. The van der Waals surface area contributed by atoms with Crippen LogP contribution in [0.2, 0.25) is 0 Å². The van der Waals surface area contributed by atoms with Gasteiger partial charge in [-0.15, -0.1) is 11.8 Å². The minimum Gasteiger partial charge on any atom is -0.496 e. The number of hydrogen-bond donors (Lipinski definition) is 1. The van der Waals surface area contributed by atoms with Gasteiger partial charge in [-0.2, -0.15) is 11.8 Å². The van der Waals surface area contributed by atoms with E-state index < -0.39 is 6.10 Å². The Morgan fingerprint density at radius 3 is 2.44 bits per heavy atom. The average molecular weight is 389 g/mol. The molecule has 0 aliphatic carbocycles. The monoisotopic (exact) mass is 388 g/mol. The second kappa shape index (κ2) is 12.1. The van der Waals surface area contributed by atoms with Gasteiger partial charge in [0.25, 0.3) is 0 Å². The summed E-state index contributed by atoms with van der Waals surface area (Å²) in [7, 11) is 4.26. The lowest BCUT2D eigenvalue weighted by Crippen LogP contribution is -2.21. The first-order valence-corrected chi connectivity index (χ1v) is 9.87. The van der Waals surface area contributed by atoms with Crippen molar-refractivity contribution in [3.8, 4) is 5.75 Å². The summed E-state index contributed by atoms with van der Waals surface area (Å²) in [5.74, 6) is 1.11. The van der Waals surface area contributed by atoms with E-state index in [4.69, 9.17) is 4.74 Å². The highest BCUT2D eigenvalue weighted by atomic mass is 32.2. The number of carbonyl (C=O) groups is 2. The Balaban J connectivity index is 2.79. The molecule has 1 aromatic carbocycles. The minimum absolute atomic E-state index is 0.180. The van der Waals surface area contributed by atoms with Crippen LogP contribution in [-0.2, 0) is 19.1 Å². The molecule has 1 N–H and O–H groups in total. The van der Waals surface area contributed by atoms with Gasteiger partial charge in [0.2, 0.25) is 0 Å². The molecule has 0 aliphatic heterocycles. The predicted octanol–water partition coefficient (Wildman–Crippen LogP) is 2.30. The zero-order valence-electron chi connectivity index (χ0n) is 14.6. The molecule has 140 valence electrons. The summed E-state index contributed by atoms with van der Waals surface area (Å²) in [5, 5.41) is 10.3. The number of para-hydroxylation sites is 1. The van der Waals surface area contributed by atoms with Gasteiger partial charge in [-0.1, -0.05) is 18.2 Å². The van der Waals surface area contributed by atoms with Crippen LogP contribution in [0, 0.1) is 0 Å². The van der Waals surface area contributed by atoms with Crippen molar-refractivity contribution in [2.24, 2.45) is 0 Å². The van der Waals surface area contributed by atoms with Crippen LogP contribution in [0.25, 0.3) is 0 Å². The molecule has 0 bridgehead atoms. The third-order valence-corrected chi connectivity index (χ3v) is 5.75. The zero-order chi connectivity index (χ0) is 18.7. The molecule has 2 unspecified atom stereocenters. The maximum Gasteiger partial charge on any atom is 0.315 e. The average Bonchev–Trinajstić information content (AvgIpc) is 2.64. The largest absolute Gasteiger partial charge is 0.496 e. The lowest BCUT2D eigenvalue weighted by Gasteiger charge is -2.24. The standard InChI is InChI=1S/C17H24O6S2/c1-21-14-7-5-4-6-12(14)17(25-9-8-15(19)22-2)13(18)10-24-11-16(20)23-3/h4-7,13,17-18H,8-11H2,1-3H3. The Kier molecular flexibility index (Phi) is 10.4. The van der Waals surface area contributed by atoms with E-state index in [1.165, 1.54) is 37.7 Å². The quantitative estimate of drug-likeness (QED) is 0.578. The van der Waals surface area contributed by atoms with E-state index in [1.54, 1.807) is 7.11 Å². The number of thioether (sulfide) groups is 2. The summed E-state index contributed by atoms with van der Waals surface area (Å²) >= 11 is 2.76. The van der Waals surface area contributed by atoms with Gasteiger partial charge in [0, 0.05) is 17.1 Å². The smallest absolute Gasteiger partial charge is 0.315 e. The van der Waals surface area contributed by atoms with Crippen molar-refractivity contribution < 1.29 is 28.9 Å². The molecule has 1 aromatic rings. The Morgan fingerprint density at radius 2 is 1.80 bits per heavy atom. The minimum atomic E-state index is -0.714. The van der Waals surface area contributed by atoms with Gasteiger partial charge < -0.3 is 19.3 Å². The van der Waals surface area contributed by atoms with Gasteiger partial charge in [0.05, 0.1) is 44.9 Å². The molecule has 0 heterocycles. The van der Waals surface area contributed by atoms with Crippen molar-refractivity contribution in [2.45, 2.75) is 17.8 Å². The summed E-state index contributed by atoms with van der Waals surface area (Å²) < 4.78 is 14.6. The molecule has 0 saturated heterocycles. The second-order valence-electron chi connectivity index (χ2n) is 5.02. The third-order valence-electron chi connectivity index (χ3n) is 3.36. The van der Waals surface area contributed by atoms with Crippen molar-refractivity contribution in [1.29, 1.82) is 0 Å². The van der Waals surface area contributed by atoms with E-state index >= 15 is 0 Å². The van der Waals surface area contributed by atoms with Crippen LogP contribution >= 0.6 is 23.5 Å². The highest BCUT2D eigenvalue weighted by Gasteiger charge is 2.25. The first-order valence-electron chi connectivity index (χ1n) is 7.67. The molecule has 0 radical (unpaired) electrons. The molecule has 8 heteroatoms. The molecule has 1 rings (SSSR count). The fourth-order valence-electron chi connectivity index (χ4n) is 2.09. The molecule has 0 amide bonds. The number of esters is 2. The second-order valence-corrected chi connectivity index (χ2v) is 7.30. The predicted molar refractivity (Wildman–Crippen MR) is 100 cm³/mol. The van der Waals surface area contributed by atoms with Gasteiger partial charge >= 0.3 is 11.9 Å². The van der Waals surface area contributed by atoms with Crippen molar-refractivity contribution in [3.63, 3.8) is 0 Å². The van der Waals surface area contributed by atoms with Crippen molar-refractivity contribution >= 4 is 35.5 Å². The fourth-order valence-corrected chi connectivity index (χ4v) is 4.28. The summed E-state index contributed by atoms with van der Waals surface area (Å²) in [4.78, 5) is 22.5. The number of rotatable bonds is 11. The van der Waals surface area contributed by atoms with E-state index in [0.29, 0.717) is 17.3 Å². The van der Waals surface area contributed by atoms with E-state index in [2.05, 4.69) is 9.47 Å². The summed E-state index contributed by atoms with van der Waals surface area (Å²) in [6.45, 7) is 0. The highest BCUT2D eigenvalue weighted by Crippen LogP contribution is 2.38. The zero-order valence-corrected chi connectivity index (χ0v) is 16.2. The van der Waals surface area contributed by atoms with E-state index in [0.717, 1.165) is 5.56 Å². The summed E-state index contributed by atoms with van der Waals surface area (Å²) in [6.07, 6.45) is -0.455. The highest BCUT2D eigenvalue weighted by molar-refractivity contribution is 8.00. The molecule has 25 heavy (non-hydrogen) atoms. The topological polar surface area (TPSA) is 82.1 Å². The van der Waals surface area contributed by atoms with E-state index in [-0.39, 0.29) is 29.4 Å². The van der Waals surface area contributed by atoms with Gasteiger partial charge in [-0.05, 0) is 6.07 Å². The molecule has 0 aromatic heterocycles. The molecule has 2 atom stereocenters. The molecule has 0 spiro atoms. The summed E-state index contributed by atoms with van der Waals surface area (Å²) in [6, 6.07) is 7.46. The molecule has 0 aliphatic rings. The lowest BCUT2D eigenvalue weighted by molar-refractivity contribution is -0.140. The maximum absolute atomic E-state index is 11.3. The van der Waals surface area contributed by atoms with Crippen molar-refractivity contribution in [2.75, 3.05) is 38.6 Å². The third kappa shape index (κ3) is 7.58. The van der Waals surface area contributed by atoms with E-state index in [9.17, 15) is 14.7 Å². The van der Waals surface area contributed by atoms with Gasteiger partial charge in [-0.25, -0.2) is 0 Å². The van der Waals surface area contributed by atoms with Crippen molar-refractivity contribution in [1.82, 2.24) is 0 Å². The van der Waals surface area contributed by atoms with Crippen LogP contribution in [0.4, 0.5) is 0 Å². The van der Waals surface area contributed by atoms with Crippen LogP contribution in [0.5, 0.6) is 5.75 Å². The number of benzene rings is 1. The number of aliphatic hydroxyl groups excluding tert-OH is 1. The van der Waals surface area contributed by atoms with E-state index in [1.807, 2.05) is 24.3 Å². The Morgan fingerprint density at radius 1 is 1.12 bits per heavy atom. The van der Waals surface area contributed by atoms with Crippen LogP contribution in [0.3, 0.4) is 0 Å².